The molecule has 0 saturated carbocycles. The zero-order chi connectivity index (χ0) is 19.5. The number of hydrogen-bond acceptors (Lipinski definition) is 5. The fraction of sp³-hybridized carbons (Fsp3) is 0.200. The third-order valence-corrected chi connectivity index (χ3v) is 4.40. The maximum absolute atomic E-state index is 12.7. The van der Waals surface area contributed by atoms with Gasteiger partial charge >= 0.3 is 0 Å². The van der Waals surface area contributed by atoms with Gasteiger partial charge in [-0.3, -0.25) is 19.7 Å². The second-order valence-electron chi connectivity index (χ2n) is 6.33. The van der Waals surface area contributed by atoms with Crippen LogP contribution in [0.4, 0.5) is 5.95 Å². The molecule has 0 bridgehead atoms. The van der Waals surface area contributed by atoms with Crippen molar-refractivity contribution in [1.82, 2.24) is 19.9 Å². The summed E-state index contributed by atoms with van der Waals surface area (Å²) in [4.78, 5) is 26.1. The average Bonchev–Trinajstić information content (AvgIpc) is 2.72. The second-order valence-corrected chi connectivity index (χ2v) is 6.33. The van der Waals surface area contributed by atoms with Gasteiger partial charge in [0.05, 0.1) is 19.3 Å². The monoisotopic (exact) mass is 376 g/mol. The highest BCUT2D eigenvalue weighted by Gasteiger charge is 2.28. The van der Waals surface area contributed by atoms with Crippen LogP contribution >= 0.6 is 0 Å². The number of methoxy groups -OCH3 is 1. The quantitative estimate of drug-likeness (QED) is 0.724. The lowest BCUT2D eigenvalue weighted by molar-refractivity contribution is 0.395. The van der Waals surface area contributed by atoms with E-state index in [1.165, 1.54) is 6.07 Å². The summed E-state index contributed by atoms with van der Waals surface area (Å²) in [6.45, 7) is 2.18. The Morgan fingerprint density at radius 2 is 2.04 bits per heavy atom. The Hall–Kier alpha value is -3.68. The molecular formula is C20H20N6O2. The number of guanidine groups is 1. The van der Waals surface area contributed by atoms with E-state index in [4.69, 9.17) is 4.74 Å². The first-order chi connectivity index (χ1) is 13.7. The van der Waals surface area contributed by atoms with Gasteiger partial charge in [-0.1, -0.05) is 24.3 Å². The molecular weight excluding hydrogens is 356 g/mol. The van der Waals surface area contributed by atoms with Gasteiger partial charge in [-0.15, -0.1) is 0 Å². The van der Waals surface area contributed by atoms with Crippen molar-refractivity contribution in [3.63, 3.8) is 0 Å². The highest BCUT2D eigenvalue weighted by molar-refractivity contribution is 5.93. The minimum absolute atomic E-state index is 0.165. The number of ether oxygens (including phenoxy) is 1. The standard InChI is InChI=1S/C20H20N6O2/c1-13-11-17(27)26-18(15-8-3-4-9-16(15)28-2)24-19(25-20(26)23-13)22-12-14-7-5-6-10-21-14/h3-11,18H,12H2,1-2H3,(H2,22,23,24,25)/t18-/m1/s1. The highest BCUT2D eigenvalue weighted by Crippen LogP contribution is 2.28. The van der Waals surface area contributed by atoms with Gasteiger partial charge in [0.15, 0.2) is 5.96 Å². The molecule has 3 heterocycles. The number of para-hydroxylation sites is 1. The average molecular weight is 376 g/mol. The number of pyridine rings is 1. The molecule has 0 fully saturated rings. The molecule has 2 N–H and O–H groups in total. The lowest BCUT2D eigenvalue weighted by atomic mass is 10.1. The van der Waals surface area contributed by atoms with E-state index in [1.54, 1.807) is 24.8 Å². The third kappa shape index (κ3) is 3.44. The van der Waals surface area contributed by atoms with E-state index in [-0.39, 0.29) is 5.56 Å². The van der Waals surface area contributed by atoms with Crippen molar-refractivity contribution in [2.45, 2.75) is 19.6 Å². The molecule has 0 spiro atoms. The van der Waals surface area contributed by atoms with E-state index < -0.39 is 6.17 Å². The van der Waals surface area contributed by atoms with Crippen molar-refractivity contribution in [1.29, 1.82) is 0 Å². The molecule has 1 atom stereocenters. The topological polar surface area (TPSA) is 93.4 Å². The van der Waals surface area contributed by atoms with Crippen molar-refractivity contribution >= 4 is 11.9 Å². The largest absolute Gasteiger partial charge is 0.496 e. The molecule has 0 radical (unpaired) electrons. The van der Waals surface area contributed by atoms with Crippen molar-refractivity contribution in [2.75, 3.05) is 12.4 Å². The molecule has 28 heavy (non-hydrogen) atoms. The first-order valence-corrected chi connectivity index (χ1v) is 8.87. The Kier molecular flexibility index (Phi) is 4.76. The van der Waals surface area contributed by atoms with Gasteiger partial charge in [0, 0.05) is 23.5 Å². The van der Waals surface area contributed by atoms with Crippen molar-refractivity contribution in [3.05, 3.63) is 82.0 Å². The number of anilines is 1. The predicted octanol–water partition coefficient (Wildman–Crippen LogP) is 2.07. The molecule has 3 aromatic rings. The van der Waals surface area contributed by atoms with E-state index in [1.807, 2.05) is 42.5 Å². The Morgan fingerprint density at radius 1 is 1.21 bits per heavy atom. The highest BCUT2D eigenvalue weighted by atomic mass is 16.5. The molecule has 0 saturated heterocycles. The lowest BCUT2D eigenvalue weighted by Crippen LogP contribution is -2.48. The first kappa shape index (κ1) is 17.7. The van der Waals surface area contributed by atoms with Crippen LogP contribution in [0.15, 0.2) is 64.5 Å². The van der Waals surface area contributed by atoms with Gasteiger partial charge in [-0.05, 0) is 25.1 Å². The van der Waals surface area contributed by atoms with Crippen LogP contribution in [0.1, 0.15) is 23.1 Å². The van der Waals surface area contributed by atoms with Crippen LogP contribution in [0, 0.1) is 6.92 Å². The maximum Gasteiger partial charge on any atom is 0.257 e. The molecule has 0 aliphatic carbocycles. The van der Waals surface area contributed by atoms with Gasteiger partial charge < -0.3 is 10.1 Å². The van der Waals surface area contributed by atoms with E-state index in [0.29, 0.717) is 29.9 Å². The maximum atomic E-state index is 12.7. The Balaban J connectivity index is 1.77. The normalized spacial score (nSPS) is 16.8. The summed E-state index contributed by atoms with van der Waals surface area (Å²) in [6.07, 6.45) is 1.23. The van der Waals surface area contributed by atoms with Crippen molar-refractivity contribution < 1.29 is 4.74 Å². The van der Waals surface area contributed by atoms with Crippen LogP contribution in [0.3, 0.4) is 0 Å². The number of hydrogen-bond donors (Lipinski definition) is 2. The summed E-state index contributed by atoms with van der Waals surface area (Å²) in [5.41, 5.74) is 2.12. The summed E-state index contributed by atoms with van der Waals surface area (Å²) < 4.78 is 7.06. The number of rotatable bonds is 4. The van der Waals surface area contributed by atoms with Crippen molar-refractivity contribution in [3.8, 4) is 5.75 Å². The molecule has 142 valence electrons. The zero-order valence-electron chi connectivity index (χ0n) is 15.6. The van der Waals surface area contributed by atoms with E-state index in [0.717, 1.165) is 11.3 Å². The van der Waals surface area contributed by atoms with Gasteiger partial charge in [-0.2, -0.15) is 0 Å². The molecule has 1 aromatic carbocycles. The summed E-state index contributed by atoms with van der Waals surface area (Å²) in [5.74, 6) is 1.61. The van der Waals surface area contributed by atoms with E-state index in [9.17, 15) is 4.79 Å². The van der Waals surface area contributed by atoms with Crippen LogP contribution in [0.5, 0.6) is 5.75 Å². The van der Waals surface area contributed by atoms with Crippen LogP contribution in [0.2, 0.25) is 0 Å². The van der Waals surface area contributed by atoms with Crippen LogP contribution in [-0.4, -0.2) is 27.6 Å². The molecule has 4 rings (SSSR count). The summed E-state index contributed by atoms with van der Waals surface area (Å²) in [5, 5.41) is 6.39. The smallest absolute Gasteiger partial charge is 0.257 e. The van der Waals surface area contributed by atoms with Gasteiger partial charge in [0.1, 0.15) is 11.9 Å². The Bertz CT molecular complexity index is 1080. The van der Waals surface area contributed by atoms with Crippen LogP contribution < -0.4 is 20.9 Å². The van der Waals surface area contributed by atoms with Gasteiger partial charge in [-0.25, -0.2) is 9.98 Å². The molecule has 2 aromatic heterocycles. The summed E-state index contributed by atoms with van der Waals surface area (Å²) in [6, 6.07) is 14.7. The van der Waals surface area contributed by atoms with E-state index in [2.05, 4.69) is 25.6 Å². The molecule has 1 aliphatic rings. The van der Waals surface area contributed by atoms with Crippen LogP contribution in [0.25, 0.3) is 0 Å². The van der Waals surface area contributed by atoms with Gasteiger partial charge in [0.2, 0.25) is 5.95 Å². The zero-order valence-corrected chi connectivity index (χ0v) is 15.6. The lowest BCUT2D eigenvalue weighted by Gasteiger charge is -2.31. The Labute approximate surface area is 162 Å². The summed E-state index contributed by atoms with van der Waals surface area (Å²) in [7, 11) is 1.60. The number of nitrogens with one attached hydrogen (secondary N) is 2. The minimum atomic E-state index is -0.504. The van der Waals surface area contributed by atoms with Gasteiger partial charge in [0.25, 0.3) is 5.56 Å². The molecule has 8 nitrogen and oxygen atoms in total. The summed E-state index contributed by atoms with van der Waals surface area (Å²) >= 11 is 0. The van der Waals surface area contributed by atoms with Crippen molar-refractivity contribution in [2.24, 2.45) is 4.99 Å². The first-order valence-electron chi connectivity index (χ1n) is 8.87. The number of aryl methyl sites for hydroxylation is 1. The predicted molar refractivity (Wildman–Crippen MR) is 107 cm³/mol. The number of nitrogens with zero attached hydrogens (tertiary/aromatic N) is 4. The number of aliphatic imine (C=N–C) groups is 1. The molecule has 8 heteroatoms. The second kappa shape index (κ2) is 7.51. The fourth-order valence-electron chi connectivity index (χ4n) is 3.13. The molecule has 0 unspecified atom stereocenters. The Morgan fingerprint density at radius 3 is 2.82 bits per heavy atom. The van der Waals surface area contributed by atoms with E-state index >= 15 is 0 Å². The van der Waals surface area contributed by atoms with Crippen LogP contribution in [-0.2, 0) is 6.54 Å². The number of fused-ring (bicyclic) bond motifs is 1. The fourth-order valence-corrected chi connectivity index (χ4v) is 3.13. The molecule has 0 amide bonds. The minimum Gasteiger partial charge on any atom is -0.496 e. The SMILES string of the molecule is COc1ccccc1[C@@H]1NC(=NCc2ccccn2)Nc2nc(C)cc(=O)n21. The number of benzene rings is 1. The molecule has 1 aliphatic heterocycles. The third-order valence-electron chi connectivity index (χ3n) is 4.40. The number of aromatic nitrogens is 3.